The molecule has 1 saturated carbocycles. The van der Waals surface area contributed by atoms with E-state index in [-0.39, 0.29) is 5.92 Å². The highest BCUT2D eigenvalue weighted by Crippen LogP contribution is 2.62. The Hall–Kier alpha value is -0.910. The Morgan fingerprint density at radius 1 is 1.32 bits per heavy atom. The van der Waals surface area contributed by atoms with E-state index in [1.165, 1.54) is 6.26 Å². The van der Waals surface area contributed by atoms with Gasteiger partial charge in [-0.2, -0.15) is 0 Å². The van der Waals surface area contributed by atoms with Crippen LogP contribution < -0.4 is 5.73 Å². The summed E-state index contributed by atoms with van der Waals surface area (Å²) in [7, 11) is -1.55. The van der Waals surface area contributed by atoms with Crippen LogP contribution in [-0.2, 0) is 14.6 Å². The summed E-state index contributed by atoms with van der Waals surface area (Å²) in [5.74, 6) is -0.0620. The number of rotatable bonds is 5. The monoisotopic (exact) mass is 283 g/mol. The molecule has 1 aliphatic carbocycles. The quantitative estimate of drug-likeness (QED) is 0.878. The van der Waals surface area contributed by atoms with Gasteiger partial charge in [-0.15, -0.1) is 0 Å². The van der Waals surface area contributed by atoms with Crippen LogP contribution >= 0.6 is 0 Å². The number of methoxy groups -OCH3 is 1. The van der Waals surface area contributed by atoms with Crippen molar-refractivity contribution >= 4 is 9.84 Å². The van der Waals surface area contributed by atoms with E-state index in [0.717, 1.165) is 11.1 Å². The molecule has 0 bridgehead atoms. The molecule has 2 rings (SSSR count). The first-order valence-electron chi connectivity index (χ1n) is 6.31. The predicted octanol–water partition coefficient (Wildman–Crippen LogP) is 1.10. The molecule has 0 spiro atoms. The van der Waals surface area contributed by atoms with Gasteiger partial charge in [0.25, 0.3) is 0 Å². The van der Waals surface area contributed by atoms with Gasteiger partial charge in [-0.25, -0.2) is 8.42 Å². The van der Waals surface area contributed by atoms with Crippen molar-refractivity contribution in [2.75, 3.05) is 26.5 Å². The molecule has 3 atom stereocenters. The average Bonchev–Trinajstić information content (AvgIpc) is 3.00. The van der Waals surface area contributed by atoms with Crippen LogP contribution in [0.1, 0.15) is 17.0 Å². The van der Waals surface area contributed by atoms with E-state index in [4.69, 9.17) is 10.5 Å². The van der Waals surface area contributed by atoms with Crippen molar-refractivity contribution in [3.05, 3.63) is 35.4 Å². The van der Waals surface area contributed by atoms with E-state index in [1.54, 1.807) is 7.11 Å². The van der Waals surface area contributed by atoms with E-state index in [2.05, 4.69) is 0 Å². The first-order valence-corrected chi connectivity index (χ1v) is 8.26. The van der Waals surface area contributed by atoms with Crippen molar-refractivity contribution in [1.82, 2.24) is 0 Å². The minimum atomic E-state index is -3.14. The Labute approximate surface area is 114 Å². The second-order valence-electron chi connectivity index (χ2n) is 5.51. The summed E-state index contributed by atoms with van der Waals surface area (Å²) in [4.78, 5) is 0. The standard InChI is InChI=1S/C14H21NO3S/c1-10-4-6-11(7-5-10)12-13(19(3,16)17)14(12,8-15)9-18-2/h4-7,12-13H,8-9,15H2,1-3H3/t12-,13+,14+/m0/s1. The molecule has 0 radical (unpaired) electrons. The first-order chi connectivity index (χ1) is 8.86. The SMILES string of the molecule is COC[C@@]1(CN)[C@H](S(C)(=O)=O)[C@@H]1c1ccc(C)cc1. The third-order valence-electron chi connectivity index (χ3n) is 4.07. The van der Waals surface area contributed by atoms with E-state index in [9.17, 15) is 8.42 Å². The third-order valence-corrected chi connectivity index (χ3v) is 5.73. The Morgan fingerprint density at radius 3 is 2.32 bits per heavy atom. The van der Waals surface area contributed by atoms with E-state index in [1.807, 2.05) is 31.2 Å². The summed E-state index contributed by atoms with van der Waals surface area (Å²) in [5.41, 5.74) is 7.57. The Morgan fingerprint density at radius 2 is 1.89 bits per heavy atom. The van der Waals surface area contributed by atoms with Gasteiger partial charge in [-0.1, -0.05) is 29.8 Å². The highest BCUT2D eigenvalue weighted by molar-refractivity contribution is 7.91. The van der Waals surface area contributed by atoms with Crippen LogP contribution in [0.15, 0.2) is 24.3 Å². The fraction of sp³-hybridized carbons (Fsp3) is 0.571. The molecule has 1 fully saturated rings. The van der Waals surface area contributed by atoms with Gasteiger partial charge < -0.3 is 10.5 Å². The molecule has 1 aromatic carbocycles. The maximum Gasteiger partial charge on any atom is 0.151 e. The molecule has 0 aliphatic heterocycles. The van der Waals surface area contributed by atoms with Crippen molar-refractivity contribution in [2.24, 2.45) is 11.1 Å². The van der Waals surface area contributed by atoms with E-state index in [0.29, 0.717) is 13.2 Å². The Bertz CT molecular complexity index is 553. The predicted molar refractivity (Wildman–Crippen MR) is 75.9 cm³/mol. The topological polar surface area (TPSA) is 69.4 Å². The average molecular weight is 283 g/mol. The lowest BCUT2D eigenvalue weighted by Gasteiger charge is -2.14. The fourth-order valence-electron chi connectivity index (χ4n) is 3.15. The Kier molecular flexibility index (Phi) is 3.73. The molecule has 0 amide bonds. The first kappa shape index (κ1) is 14.5. The third kappa shape index (κ3) is 2.42. The molecule has 5 heteroatoms. The number of hydrogen-bond donors (Lipinski definition) is 1. The van der Waals surface area contributed by atoms with Gasteiger partial charge in [0.05, 0.1) is 11.9 Å². The summed E-state index contributed by atoms with van der Waals surface area (Å²) >= 11 is 0. The molecule has 1 aliphatic rings. The molecule has 0 heterocycles. The highest BCUT2D eigenvalue weighted by Gasteiger charge is 2.69. The minimum Gasteiger partial charge on any atom is -0.384 e. The summed E-state index contributed by atoms with van der Waals surface area (Å²) < 4.78 is 29.2. The van der Waals surface area contributed by atoms with Crippen LogP contribution in [0.5, 0.6) is 0 Å². The van der Waals surface area contributed by atoms with Crippen LogP contribution in [0.3, 0.4) is 0 Å². The largest absolute Gasteiger partial charge is 0.384 e. The summed E-state index contributed by atoms with van der Waals surface area (Å²) in [6, 6.07) is 7.98. The molecule has 1 aromatic rings. The van der Waals surface area contributed by atoms with Gasteiger partial charge in [0, 0.05) is 31.2 Å². The summed E-state index contributed by atoms with van der Waals surface area (Å²) in [5, 5.41) is -0.437. The molecule has 106 valence electrons. The molecule has 2 N–H and O–H groups in total. The van der Waals surface area contributed by atoms with Crippen molar-refractivity contribution in [3.63, 3.8) is 0 Å². The maximum absolute atomic E-state index is 12.0. The lowest BCUT2D eigenvalue weighted by atomic mass is 9.99. The number of hydrogen-bond acceptors (Lipinski definition) is 4. The number of sulfone groups is 1. The van der Waals surface area contributed by atoms with E-state index >= 15 is 0 Å². The van der Waals surface area contributed by atoms with Crippen molar-refractivity contribution in [1.29, 1.82) is 0 Å². The zero-order chi connectivity index (χ0) is 14.3. The summed E-state index contributed by atoms with van der Waals surface area (Å²) in [6.07, 6.45) is 1.28. The minimum absolute atomic E-state index is 0.0620. The number of nitrogens with two attached hydrogens (primary N) is 1. The van der Waals surface area contributed by atoms with Gasteiger partial charge in [-0.3, -0.25) is 0 Å². The molecule has 0 saturated heterocycles. The van der Waals surface area contributed by atoms with Crippen molar-refractivity contribution in [3.8, 4) is 0 Å². The van der Waals surface area contributed by atoms with Gasteiger partial charge in [0.15, 0.2) is 9.84 Å². The van der Waals surface area contributed by atoms with Gasteiger partial charge >= 0.3 is 0 Å². The van der Waals surface area contributed by atoms with Gasteiger partial charge in [0.2, 0.25) is 0 Å². The highest BCUT2D eigenvalue weighted by atomic mass is 32.2. The van der Waals surface area contributed by atoms with E-state index < -0.39 is 20.5 Å². The maximum atomic E-state index is 12.0. The zero-order valence-electron chi connectivity index (χ0n) is 11.6. The van der Waals surface area contributed by atoms with Crippen LogP contribution in [0.4, 0.5) is 0 Å². The van der Waals surface area contributed by atoms with Crippen LogP contribution in [0.25, 0.3) is 0 Å². The smallest absolute Gasteiger partial charge is 0.151 e. The number of benzene rings is 1. The molecule has 0 unspecified atom stereocenters. The second kappa shape index (κ2) is 4.89. The fourth-order valence-corrected chi connectivity index (χ4v) is 5.16. The van der Waals surface area contributed by atoms with Crippen LogP contribution in [0.2, 0.25) is 0 Å². The Balaban J connectivity index is 2.40. The zero-order valence-corrected chi connectivity index (χ0v) is 12.4. The van der Waals surface area contributed by atoms with Crippen LogP contribution in [-0.4, -0.2) is 40.2 Å². The lowest BCUT2D eigenvalue weighted by Crippen LogP contribution is -2.28. The summed E-state index contributed by atoms with van der Waals surface area (Å²) in [6.45, 7) is 2.70. The molecule has 0 aromatic heterocycles. The normalized spacial score (nSPS) is 30.3. The number of aryl methyl sites for hydroxylation is 1. The molecular formula is C14H21NO3S. The van der Waals surface area contributed by atoms with Crippen LogP contribution in [0, 0.1) is 12.3 Å². The van der Waals surface area contributed by atoms with Gasteiger partial charge in [0.1, 0.15) is 0 Å². The van der Waals surface area contributed by atoms with Crippen molar-refractivity contribution < 1.29 is 13.2 Å². The molecule has 4 nitrogen and oxygen atoms in total. The molecular weight excluding hydrogens is 262 g/mol. The number of ether oxygens (including phenoxy) is 1. The second-order valence-corrected chi connectivity index (χ2v) is 7.68. The molecule has 19 heavy (non-hydrogen) atoms. The lowest BCUT2D eigenvalue weighted by molar-refractivity contribution is 0.142. The van der Waals surface area contributed by atoms with Gasteiger partial charge in [-0.05, 0) is 12.5 Å². The van der Waals surface area contributed by atoms with Crippen molar-refractivity contribution in [2.45, 2.75) is 18.1 Å².